The number of benzene rings is 2. The van der Waals surface area contributed by atoms with Crippen molar-refractivity contribution in [2.75, 3.05) is 11.9 Å². The fourth-order valence-corrected chi connectivity index (χ4v) is 4.11. The lowest BCUT2D eigenvalue weighted by Gasteiger charge is -2.20. The van der Waals surface area contributed by atoms with Gasteiger partial charge in [-0.3, -0.25) is 14.6 Å². The molecule has 0 aliphatic rings. The van der Waals surface area contributed by atoms with Crippen molar-refractivity contribution in [3.63, 3.8) is 0 Å². The largest absolute Gasteiger partial charge is 0.296 e. The van der Waals surface area contributed by atoms with E-state index in [4.69, 9.17) is 4.98 Å². The minimum absolute atomic E-state index is 0.0376. The molecule has 0 radical (unpaired) electrons. The number of thiazole rings is 1. The van der Waals surface area contributed by atoms with Crippen LogP contribution in [0, 0.1) is 0 Å². The molecule has 0 aliphatic heterocycles. The average molecular weight is 408 g/mol. The van der Waals surface area contributed by atoms with E-state index in [-0.39, 0.29) is 11.3 Å². The molecule has 1 aromatic heterocycles. The molecule has 0 spiro atoms. The molecule has 0 saturated carbocycles. The van der Waals surface area contributed by atoms with Gasteiger partial charge in [-0.15, -0.1) is 11.3 Å². The molecule has 0 fully saturated rings. The van der Waals surface area contributed by atoms with Gasteiger partial charge in [0.05, 0.1) is 11.4 Å². The molecule has 2 aromatic carbocycles. The summed E-state index contributed by atoms with van der Waals surface area (Å²) < 4.78 is 0. The first-order chi connectivity index (χ1) is 13.7. The van der Waals surface area contributed by atoms with Crippen molar-refractivity contribution >= 4 is 28.1 Å². The van der Waals surface area contributed by atoms with Crippen LogP contribution >= 0.6 is 11.3 Å². The van der Waals surface area contributed by atoms with Crippen LogP contribution in [0.5, 0.6) is 0 Å². The molecule has 1 amide bonds. The number of para-hydroxylation sites is 1. The van der Waals surface area contributed by atoms with Crippen molar-refractivity contribution in [1.29, 1.82) is 0 Å². The van der Waals surface area contributed by atoms with Gasteiger partial charge in [-0.2, -0.15) is 0 Å². The van der Waals surface area contributed by atoms with E-state index in [2.05, 4.69) is 57.0 Å². The maximum absolute atomic E-state index is 12.2. The van der Waals surface area contributed by atoms with Crippen molar-refractivity contribution < 1.29 is 4.79 Å². The minimum Gasteiger partial charge on any atom is -0.296 e. The Bertz CT molecular complexity index is 942. The van der Waals surface area contributed by atoms with Crippen LogP contribution in [0.3, 0.4) is 0 Å². The molecule has 3 rings (SSSR count). The Morgan fingerprint density at radius 2 is 1.66 bits per heavy atom. The maximum Gasteiger partial charge on any atom is 0.230 e. The molecule has 3 aromatic rings. The summed E-state index contributed by atoms with van der Waals surface area (Å²) in [6.45, 7) is 9.85. The molecule has 29 heavy (non-hydrogen) atoms. The van der Waals surface area contributed by atoms with Crippen molar-refractivity contribution in [1.82, 2.24) is 9.88 Å². The monoisotopic (exact) mass is 407 g/mol. The summed E-state index contributed by atoms with van der Waals surface area (Å²) in [4.78, 5) is 20.8. The van der Waals surface area contributed by atoms with Crippen LogP contribution in [-0.2, 0) is 23.3 Å². The Kier molecular flexibility index (Phi) is 6.50. The number of aromatic nitrogens is 1. The van der Waals surface area contributed by atoms with E-state index in [9.17, 15) is 4.79 Å². The third-order valence-corrected chi connectivity index (χ3v) is 5.64. The predicted molar refractivity (Wildman–Crippen MR) is 122 cm³/mol. The summed E-state index contributed by atoms with van der Waals surface area (Å²) in [7, 11) is 2.09. The number of nitrogens with zero attached hydrogens (tertiary/aromatic N) is 3. The highest BCUT2D eigenvalue weighted by atomic mass is 32.1. The molecule has 4 nitrogen and oxygen atoms in total. The van der Waals surface area contributed by atoms with E-state index in [1.807, 2.05) is 35.7 Å². The second-order valence-corrected chi connectivity index (χ2v) is 9.27. The van der Waals surface area contributed by atoms with E-state index < -0.39 is 0 Å². The molecule has 5 heteroatoms. The number of rotatable bonds is 6. The first kappa shape index (κ1) is 21.2. The normalized spacial score (nSPS) is 11.7. The van der Waals surface area contributed by atoms with Gasteiger partial charge >= 0.3 is 0 Å². The summed E-state index contributed by atoms with van der Waals surface area (Å²) in [6.07, 6.45) is 0. The molecule has 1 heterocycles. The quantitative estimate of drug-likeness (QED) is 0.521. The average Bonchev–Trinajstić information content (AvgIpc) is 3.09. The Hall–Kier alpha value is -2.50. The van der Waals surface area contributed by atoms with Gasteiger partial charge in [0.15, 0.2) is 5.13 Å². The summed E-state index contributed by atoms with van der Waals surface area (Å²) in [5, 5.41) is 2.74. The van der Waals surface area contributed by atoms with Crippen LogP contribution in [0.1, 0.15) is 44.5 Å². The number of carbonyl (C=O) groups is 1. The summed E-state index contributed by atoms with van der Waals surface area (Å²) in [6, 6.07) is 18.5. The van der Waals surface area contributed by atoms with Gasteiger partial charge in [0.1, 0.15) is 0 Å². The van der Waals surface area contributed by atoms with E-state index in [0.29, 0.717) is 5.13 Å². The lowest BCUT2D eigenvalue weighted by Crippen LogP contribution is -2.23. The highest BCUT2D eigenvalue weighted by Gasteiger charge is 2.18. The number of hydrogen-bond donors (Lipinski definition) is 0. The van der Waals surface area contributed by atoms with Gasteiger partial charge in [-0.25, -0.2) is 4.98 Å². The Balaban J connectivity index is 1.67. The summed E-state index contributed by atoms with van der Waals surface area (Å²) >= 11 is 1.50. The predicted octanol–water partition coefficient (Wildman–Crippen LogP) is 5.76. The van der Waals surface area contributed by atoms with Gasteiger partial charge in [0.2, 0.25) is 5.91 Å². The number of carbonyl (C=O) groups excluding carboxylic acids is 1. The molecular formula is C24H29N3OS. The third-order valence-electron chi connectivity index (χ3n) is 4.76. The Morgan fingerprint density at radius 3 is 2.24 bits per heavy atom. The highest BCUT2D eigenvalue weighted by molar-refractivity contribution is 7.14. The smallest absolute Gasteiger partial charge is 0.230 e. The zero-order chi connectivity index (χ0) is 21.0. The first-order valence-electron chi connectivity index (χ1n) is 9.82. The van der Waals surface area contributed by atoms with Gasteiger partial charge in [0.25, 0.3) is 0 Å². The molecule has 0 atom stereocenters. The van der Waals surface area contributed by atoms with Gasteiger partial charge in [0, 0.05) is 25.4 Å². The second-order valence-electron chi connectivity index (χ2n) is 8.43. The van der Waals surface area contributed by atoms with Crippen LogP contribution in [-0.4, -0.2) is 22.8 Å². The van der Waals surface area contributed by atoms with Crippen LogP contribution < -0.4 is 4.90 Å². The Labute approximate surface area is 177 Å². The van der Waals surface area contributed by atoms with Crippen LogP contribution in [0.4, 0.5) is 10.8 Å². The van der Waals surface area contributed by atoms with Crippen LogP contribution in [0.2, 0.25) is 0 Å². The zero-order valence-corrected chi connectivity index (χ0v) is 18.7. The van der Waals surface area contributed by atoms with Gasteiger partial charge in [-0.1, -0.05) is 63.2 Å². The number of hydrogen-bond acceptors (Lipinski definition) is 4. The van der Waals surface area contributed by atoms with Crippen molar-refractivity contribution in [3.8, 4) is 0 Å². The molecular weight excluding hydrogens is 378 g/mol. The molecule has 152 valence electrons. The fraction of sp³-hybridized carbons (Fsp3) is 0.333. The number of amides is 1. The van der Waals surface area contributed by atoms with Gasteiger partial charge < -0.3 is 0 Å². The first-order valence-corrected chi connectivity index (χ1v) is 10.7. The second kappa shape index (κ2) is 8.89. The third kappa shape index (κ3) is 5.52. The standard InChI is InChI=1S/C24H29N3OS/c1-18(28)27(22-9-7-6-8-10-22)23-25-21(17-29-23)16-26(5)15-19-11-13-20(14-12-19)24(2,3)4/h6-14,17H,15-16H2,1-5H3. The van der Waals surface area contributed by atoms with Gasteiger partial charge in [-0.05, 0) is 35.7 Å². The van der Waals surface area contributed by atoms with Crippen molar-refractivity contribution in [2.45, 2.75) is 46.2 Å². The fourth-order valence-electron chi connectivity index (χ4n) is 3.23. The lowest BCUT2D eigenvalue weighted by atomic mass is 9.87. The minimum atomic E-state index is -0.0376. The van der Waals surface area contributed by atoms with E-state index in [0.717, 1.165) is 24.5 Å². The SMILES string of the molecule is CC(=O)N(c1ccccc1)c1nc(CN(C)Cc2ccc(C(C)(C)C)cc2)cs1. The van der Waals surface area contributed by atoms with E-state index in [1.54, 1.807) is 11.8 Å². The summed E-state index contributed by atoms with van der Waals surface area (Å²) in [5.74, 6) is -0.0376. The molecule has 0 saturated heterocycles. The topological polar surface area (TPSA) is 36.4 Å². The van der Waals surface area contributed by atoms with Crippen LogP contribution in [0.25, 0.3) is 0 Å². The molecule has 0 bridgehead atoms. The Morgan fingerprint density at radius 1 is 1.00 bits per heavy atom. The molecule has 0 unspecified atom stereocenters. The van der Waals surface area contributed by atoms with E-state index >= 15 is 0 Å². The van der Waals surface area contributed by atoms with E-state index in [1.165, 1.54) is 22.5 Å². The lowest BCUT2D eigenvalue weighted by molar-refractivity contribution is -0.115. The maximum atomic E-state index is 12.2. The zero-order valence-electron chi connectivity index (χ0n) is 17.8. The highest BCUT2D eigenvalue weighted by Crippen LogP contribution is 2.29. The molecule has 0 aliphatic carbocycles. The van der Waals surface area contributed by atoms with Crippen molar-refractivity contribution in [3.05, 3.63) is 76.8 Å². The van der Waals surface area contributed by atoms with Crippen LogP contribution in [0.15, 0.2) is 60.0 Å². The number of anilines is 2. The van der Waals surface area contributed by atoms with Crippen molar-refractivity contribution in [2.24, 2.45) is 0 Å². The summed E-state index contributed by atoms with van der Waals surface area (Å²) in [5.41, 5.74) is 4.61. The molecule has 0 N–H and O–H groups in total.